The summed E-state index contributed by atoms with van der Waals surface area (Å²) in [6.07, 6.45) is 7.87. The highest BCUT2D eigenvalue weighted by Crippen LogP contribution is 2.23. The van der Waals surface area contributed by atoms with Crippen LogP contribution >= 0.6 is 24.0 Å². The maximum Gasteiger partial charge on any atom is 0.222 e. The van der Waals surface area contributed by atoms with Gasteiger partial charge in [0.2, 0.25) is 5.91 Å². The van der Waals surface area contributed by atoms with Crippen LogP contribution < -0.4 is 10.6 Å². The molecule has 1 saturated heterocycles. The number of hydrogen-bond acceptors (Lipinski definition) is 3. The fourth-order valence-corrected chi connectivity index (χ4v) is 5.57. The predicted octanol–water partition coefficient (Wildman–Crippen LogP) is 3.03. The van der Waals surface area contributed by atoms with E-state index < -0.39 is 10.8 Å². The van der Waals surface area contributed by atoms with E-state index in [1.54, 1.807) is 0 Å². The number of rotatable bonds is 9. The van der Waals surface area contributed by atoms with Crippen molar-refractivity contribution in [3.8, 4) is 0 Å². The lowest BCUT2D eigenvalue weighted by Crippen LogP contribution is -2.46. The molecule has 164 valence electrons. The van der Waals surface area contributed by atoms with Gasteiger partial charge >= 0.3 is 0 Å². The first kappa shape index (κ1) is 25.7. The molecule has 2 rings (SSSR count). The second kappa shape index (κ2) is 13.8. The van der Waals surface area contributed by atoms with Gasteiger partial charge in [0, 0.05) is 59.9 Å². The lowest BCUT2D eigenvalue weighted by Gasteiger charge is -2.30. The van der Waals surface area contributed by atoms with E-state index in [0.717, 1.165) is 69.7 Å². The van der Waals surface area contributed by atoms with Gasteiger partial charge in [-0.25, -0.2) is 0 Å². The number of hydrogen-bond donors (Lipinski definition) is 2. The molecule has 1 aliphatic carbocycles. The van der Waals surface area contributed by atoms with Crippen LogP contribution in [0.2, 0.25) is 0 Å². The number of carbonyl (C=O) groups excluding carboxylic acids is 1. The van der Waals surface area contributed by atoms with Crippen molar-refractivity contribution in [3.63, 3.8) is 0 Å². The molecule has 0 aromatic heterocycles. The third-order valence-electron chi connectivity index (χ3n) is 5.72. The van der Waals surface area contributed by atoms with Crippen LogP contribution in [-0.4, -0.2) is 63.7 Å². The number of nitrogens with zero attached hydrogens (tertiary/aromatic N) is 2. The van der Waals surface area contributed by atoms with Crippen molar-refractivity contribution < 1.29 is 9.00 Å². The highest BCUT2D eigenvalue weighted by molar-refractivity contribution is 14.0. The van der Waals surface area contributed by atoms with Gasteiger partial charge < -0.3 is 15.5 Å². The van der Waals surface area contributed by atoms with Crippen molar-refractivity contribution >= 4 is 46.6 Å². The van der Waals surface area contributed by atoms with E-state index in [4.69, 9.17) is 4.99 Å². The number of aliphatic imine (C=N–C) groups is 1. The Labute approximate surface area is 190 Å². The molecule has 0 aromatic rings. The maximum absolute atomic E-state index is 12.2. The Morgan fingerprint density at radius 1 is 1.29 bits per heavy atom. The number of amides is 1. The Hall–Kier alpha value is -0.380. The molecule has 0 radical (unpaired) electrons. The van der Waals surface area contributed by atoms with Crippen LogP contribution in [0.15, 0.2) is 4.99 Å². The molecule has 1 amide bonds. The zero-order valence-electron chi connectivity index (χ0n) is 17.7. The van der Waals surface area contributed by atoms with Gasteiger partial charge in [-0.15, -0.1) is 24.0 Å². The van der Waals surface area contributed by atoms with Gasteiger partial charge in [-0.1, -0.05) is 20.3 Å². The molecule has 8 heteroatoms. The summed E-state index contributed by atoms with van der Waals surface area (Å²) in [6, 6.07) is 0.650. The summed E-state index contributed by atoms with van der Waals surface area (Å²) in [5, 5.41) is 7.21. The Kier molecular flexibility index (Phi) is 12.6. The van der Waals surface area contributed by atoms with Gasteiger partial charge in [0.1, 0.15) is 0 Å². The highest BCUT2D eigenvalue weighted by atomic mass is 127. The fourth-order valence-electron chi connectivity index (χ4n) is 4.22. The molecule has 28 heavy (non-hydrogen) atoms. The van der Waals surface area contributed by atoms with Crippen LogP contribution in [-0.2, 0) is 15.6 Å². The molecule has 1 aliphatic heterocycles. The van der Waals surface area contributed by atoms with Crippen LogP contribution in [0.3, 0.4) is 0 Å². The predicted molar refractivity (Wildman–Crippen MR) is 129 cm³/mol. The Morgan fingerprint density at radius 2 is 2.07 bits per heavy atom. The van der Waals surface area contributed by atoms with Crippen molar-refractivity contribution in [2.24, 2.45) is 4.99 Å². The second-order valence-electron chi connectivity index (χ2n) is 7.60. The van der Waals surface area contributed by atoms with Gasteiger partial charge in [0.05, 0.1) is 0 Å². The van der Waals surface area contributed by atoms with E-state index in [2.05, 4.69) is 24.5 Å². The van der Waals surface area contributed by atoms with Crippen LogP contribution in [0.25, 0.3) is 0 Å². The molecule has 4 atom stereocenters. The van der Waals surface area contributed by atoms with Crippen molar-refractivity contribution in [1.29, 1.82) is 0 Å². The Morgan fingerprint density at radius 3 is 2.68 bits per heavy atom. The largest absolute Gasteiger partial charge is 0.357 e. The zero-order chi connectivity index (χ0) is 19.6. The van der Waals surface area contributed by atoms with Crippen molar-refractivity contribution in [2.45, 2.75) is 89.5 Å². The van der Waals surface area contributed by atoms with Gasteiger partial charge in [0.25, 0.3) is 0 Å². The molecule has 2 fully saturated rings. The minimum absolute atomic E-state index is 0. The van der Waals surface area contributed by atoms with Gasteiger partial charge in [-0.2, -0.15) is 0 Å². The Bertz CT molecular complexity index is 532. The lowest BCUT2D eigenvalue weighted by atomic mass is 9.95. The van der Waals surface area contributed by atoms with E-state index >= 15 is 0 Å². The first-order valence-electron chi connectivity index (χ1n) is 10.8. The smallest absolute Gasteiger partial charge is 0.222 e. The third-order valence-corrected chi connectivity index (χ3v) is 7.46. The molecule has 2 aliphatic rings. The lowest BCUT2D eigenvalue weighted by molar-refractivity contribution is -0.129. The molecule has 4 unspecified atom stereocenters. The third kappa shape index (κ3) is 7.80. The van der Waals surface area contributed by atoms with Gasteiger partial charge in [-0.05, 0) is 45.4 Å². The summed E-state index contributed by atoms with van der Waals surface area (Å²) in [7, 11) is -0.708. The highest BCUT2D eigenvalue weighted by Gasteiger charge is 2.27. The van der Waals surface area contributed by atoms with E-state index in [1.807, 2.05) is 11.8 Å². The summed E-state index contributed by atoms with van der Waals surface area (Å²) < 4.78 is 12.2. The van der Waals surface area contributed by atoms with Crippen LogP contribution in [0.1, 0.15) is 72.1 Å². The normalized spacial score (nSPS) is 25.2. The summed E-state index contributed by atoms with van der Waals surface area (Å²) in [5.74, 6) is 1.90. The van der Waals surface area contributed by atoms with Crippen LogP contribution in [0.5, 0.6) is 0 Å². The maximum atomic E-state index is 12.2. The number of carbonyl (C=O) groups is 1. The molecular formula is C20H39IN4O2S. The van der Waals surface area contributed by atoms with Crippen LogP contribution in [0, 0.1) is 0 Å². The summed E-state index contributed by atoms with van der Waals surface area (Å²) >= 11 is 0. The standard InChI is InChI=1S/C20H38N4O2S.HI/c1-4-17(24-14-8-11-19(24)25)12-13-22-20(21-5-2)23-16-9-7-10-18(15-16)27(26)6-3;/h16-18H,4-15H2,1-3H3,(H2,21,22,23);1H. The molecule has 6 nitrogen and oxygen atoms in total. The van der Waals surface area contributed by atoms with E-state index in [-0.39, 0.29) is 24.0 Å². The topological polar surface area (TPSA) is 73.8 Å². The van der Waals surface area contributed by atoms with Gasteiger partial charge in [-0.3, -0.25) is 14.0 Å². The molecule has 0 bridgehead atoms. The summed E-state index contributed by atoms with van der Waals surface area (Å²) in [4.78, 5) is 18.8. The van der Waals surface area contributed by atoms with E-state index in [9.17, 15) is 9.00 Å². The quantitative estimate of drug-likeness (QED) is 0.275. The number of halogens is 1. The van der Waals surface area contributed by atoms with Crippen molar-refractivity contribution in [1.82, 2.24) is 15.5 Å². The zero-order valence-corrected chi connectivity index (χ0v) is 20.9. The second-order valence-corrected chi connectivity index (χ2v) is 9.61. The molecular weight excluding hydrogens is 487 g/mol. The SMILES string of the molecule is CCNC(=NCCC(CC)N1CCCC1=O)NC1CCCC(S(=O)CC)C1.I. The fraction of sp³-hybridized carbons (Fsp3) is 0.900. The van der Waals surface area contributed by atoms with Crippen molar-refractivity contribution in [3.05, 3.63) is 0 Å². The molecule has 0 spiro atoms. The van der Waals surface area contributed by atoms with E-state index in [0.29, 0.717) is 36.2 Å². The van der Waals surface area contributed by atoms with E-state index in [1.165, 1.54) is 0 Å². The monoisotopic (exact) mass is 526 g/mol. The average molecular weight is 527 g/mol. The number of guanidine groups is 1. The van der Waals surface area contributed by atoms with Crippen LogP contribution in [0.4, 0.5) is 0 Å². The molecule has 1 saturated carbocycles. The molecule has 2 N–H and O–H groups in total. The number of nitrogens with one attached hydrogen (secondary N) is 2. The summed E-state index contributed by atoms with van der Waals surface area (Å²) in [6.45, 7) is 8.68. The Balaban J connectivity index is 0.00000392. The number of likely N-dealkylation sites (tertiary alicyclic amines) is 1. The van der Waals surface area contributed by atoms with Gasteiger partial charge in [0.15, 0.2) is 5.96 Å². The first-order valence-corrected chi connectivity index (χ1v) is 12.2. The van der Waals surface area contributed by atoms with Crippen molar-refractivity contribution in [2.75, 3.05) is 25.4 Å². The minimum Gasteiger partial charge on any atom is -0.357 e. The molecule has 0 aromatic carbocycles. The minimum atomic E-state index is -0.708. The summed E-state index contributed by atoms with van der Waals surface area (Å²) in [5.41, 5.74) is 0. The molecule has 1 heterocycles. The first-order chi connectivity index (χ1) is 13.1. The average Bonchev–Trinajstić information content (AvgIpc) is 3.10.